The molecule has 11 heteroatoms. The summed E-state index contributed by atoms with van der Waals surface area (Å²) in [5, 5.41) is 11.6. The number of aryl methyl sites for hydroxylation is 1. The van der Waals surface area contributed by atoms with Gasteiger partial charge in [0, 0.05) is 5.69 Å². The molecule has 0 atom stereocenters. The first-order valence-corrected chi connectivity index (χ1v) is 8.73. The second kappa shape index (κ2) is 7.03. The number of halogens is 4. The van der Waals surface area contributed by atoms with Crippen molar-refractivity contribution < 1.29 is 22.3 Å². The van der Waals surface area contributed by atoms with E-state index < -0.39 is 11.9 Å². The molecule has 0 amide bonds. The molecule has 0 unspecified atom stereocenters. The van der Waals surface area contributed by atoms with Gasteiger partial charge in [0.25, 0.3) is 5.89 Å². The Kier molecular flexibility index (Phi) is 4.65. The molecule has 0 aliphatic carbocycles. The Labute approximate surface area is 167 Å². The summed E-state index contributed by atoms with van der Waals surface area (Å²) in [6, 6.07) is 8.14. The van der Waals surface area contributed by atoms with Crippen LogP contribution in [0.4, 0.5) is 13.2 Å². The summed E-state index contributed by atoms with van der Waals surface area (Å²) < 4.78 is 51.4. The molecule has 0 aliphatic heterocycles. The van der Waals surface area contributed by atoms with Crippen molar-refractivity contribution >= 4 is 17.2 Å². The van der Waals surface area contributed by atoms with E-state index in [0.717, 1.165) is 11.6 Å². The van der Waals surface area contributed by atoms with E-state index in [1.807, 2.05) is 12.1 Å². The monoisotopic (exact) mass is 423 g/mol. The Balaban J connectivity index is 1.71. The SMILES string of the molecule is COc1ccc(Cc2nnc(-c3nn4c(C(F)(F)F)cc(C)nc4c3Cl)o2)cc1. The number of alkyl halides is 3. The van der Waals surface area contributed by atoms with Gasteiger partial charge >= 0.3 is 6.18 Å². The van der Waals surface area contributed by atoms with Gasteiger partial charge in [0.05, 0.1) is 13.5 Å². The maximum Gasteiger partial charge on any atom is 0.433 e. The van der Waals surface area contributed by atoms with Gasteiger partial charge in [0.15, 0.2) is 11.3 Å². The highest BCUT2D eigenvalue weighted by molar-refractivity contribution is 6.35. The van der Waals surface area contributed by atoms with Crippen molar-refractivity contribution in [3.05, 3.63) is 58.2 Å². The minimum absolute atomic E-state index is 0.0660. The van der Waals surface area contributed by atoms with Crippen LogP contribution in [0.25, 0.3) is 17.2 Å². The van der Waals surface area contributed by atoms with Gasteiger partial charge in [-0.3, -0.25) is 0 Å². The van der Waals surface area contributed by atoms with Gasteiger partial charge < -0.3 is 9.15 Å². The fraction of sp³-hybridized carbons (Fsp3) is 0.222. The van der Waals surface area contributed by atoms with Crippen molar-refractivity contribution in [2.24, 2.45) is 0 Å². The first kappa shape index (κ1) is 19.2. The number of benzene rings is 1. The van der Waals surface area contributed by atoms with Gasteiger partial charge in [0.2, 0.25) is 5.89 Å². The summed E-state index contributed by atoms with van der Waals surface area (Å²) in [4.78, 5) is 4.05. The van der Waals surface area contributed by atoms with E-state index >= 15 is 0 Å². The first-order valence-electron chi connectivity index (χ1n) is 8.35. The lowest BCUT2D eigenvalue weighted by Gasteiger charge is -2.09. The molecule has 0 spiro atoms. The average molecular weight is 424 g/mol. The topological polar surface area (TPSA) is 78.3 Å². The lowest BCUT2D eigenvalue weighted by atomic mass is 10.1. The summed E-state index contributed by atoms with van der Waals surface area (Å²) in [6.07, 6.45) is -4.31. The van der Waals surface area contributed by atoms with Crippen molar-refractivity contribution in [2.75, 3.05) is 7.11 Å². The van der Waals surface area contributed by atoms with Crippen molar-refractivity contribution in [1.82, 2.24) is 24.8 Å². The zero-order valence-electron chi connectivity index (χ0n) is 15.2. The molecule has 150 valence electrons. The zero-order chi connectivity index (χ0) is 20.8. The maximum atomic E-state index is 13.3. The van der Waals surface area contributed by atoms with Gasteiger partial charge in [-0.25, -0.2) is 9.50 Å². The number of fused-ring (bicyclic) bond motifs is 1. The molecule has 1 aromatic carbocycles. The molecule has 0 bridgehead atoms. The van der Waals surface area contributed by atoms with Crippen LogP contribution in [0.1, 0.15) is 22.8 Å². The quantitative estimate of drug-likeness (QED) is 0.485. The van der Waals surface area contributed by atoms with Crippen LogP contribution in [0.3, 0.4) is 0 Å². The van der Waals surface area contributed by atoms with Crippen LogP contribution in [0.5, 0.6) is 5.75 Å². The first-order chi connectivity index (χ1) is 13.8. The van der Waals surface area contributed by atoms with Gasteiger partial charge in [0.1, 0.15) is 16.5 Å². The van der Waals surface area contributed by atoms with E-state index in [1.165, 1.54) is 6.92 Å². The molecule has 7 nitrogen and oxygen atoms in total. The van der Waals surface area contributed by atoms with Crippen LogP contribution in [0, 0.1) is 6.92 Å². The van der Waals surface area contributed by atoms with Crippen LogP contribution >= 0.6 is 11.6 Å². The molecule has 0 saturated carbocycles. The largest absolute Gasteiger partial charge is 0.497 e. The molecular formula is C18H13ClF3N5O2. The molecular weight excluding hydrogens is 411 g/mol. The highest BCUT2D eigenvalue weighted by Crippen LogP contribution is 2.35. The summed E-state index contributed by atoms with van der Waals surface area (Å²) >= 11 is 6.23. The Bertz CT molecular complexity index is 1180. The molecule has 4 aromatic rings. The minimum Gasteiger partial charge on any atom is -0.497 e. The smallest absolute Gasteiger partial charge is 0.433 e. The van der Waals surface area contributed by atoms with Crippen molar-refractivity contribution in [1.29, 1.82) is 0 Å². The highest BCUT2D eigenvalue weighted by atomic mass is 35.5. The summed E-state index contributed by atoms with van der Waals surface area (Å²) in [7, 11) is 1.57. The highest BCUT2D eigenvalue weighted by Gasteiger charge is 2.36. The third-order valence-corrected chi connectivity index (χ3v) is 4.48. The number of nitrogens with zero attached hydrogens (tertiary/aromatic N) is 5. The molecule has 0 radical (unpaired) electrons. The molecule has 0 aliphatic rings. The average Bonchev–Trinajstić information content (AvgIpc) is 3.26. The van der Waals surface area contributed by atoms with Crippen LogP contribution in [0.2, 0.25) is 5.02 Å². The molecule has 0 saturated heterocycles. The fourth-order valence-corrected chi connectivity index (χ4v) is 3.03. The molecule has 4 rings (SSSR count). The lowest BCUT2D eigenvalue weighted by molar-refractivity contribution is -0.142. The molecule has 0 fully saturated rings. The number of rotatable bonds is 4. The standard InChI is InChI=1S/C18H13ClF3N5O2/c1-9-7-12(18(20,21)22)27-16(23-9)14(19)15(26-27)17-25-24-13(29-17)8-10-3-5-11(28-2)6-4-10/h3-7H,8H2,1-2H3. The number of hydrogen-bond donors (Lipinski definition) is 0. The Morgan fingerprint density at radius 3 is 2.55 bits per heavy atom. The number of ether oxygens (including phenoxy) is 1. The van der Waals surface area contributed by atoms with Crippen LogP contribution in [-0.4, -0.2) is 31.9 Å². The summed E-state index contributed by atoms with van der Waals surface area (Å²) in [6.45, 7) is 1.44. The van der Waals surface area contributed by atoms with Crippen molar-refractivity contribution in [2.45, 2.75) is 19.5 Å². The second-order valence-corrected chi connectivity index (χ2v) is 6.58. The molecule has 3 aromatic heterocycles. The van der Waals surface area contributed by atoms with Crippen LogP contribution < -0.4 is 4.74 Å². The number of hydrogen-bond acceptors (Lipinski definition) is 6. The summed E-state index contributed by atoms with van der Waals surface area (Å²) in [5.74, 6) is 0.882. The van der Waals surface area contributed by atoms with E-state index in [9.17, 15) is 13.2 Å². The van der Waals surface area contributed by atoms with E-state index in [0.29, 0.717) is 16.7 Å². The van der Waals surface area contributed by atoms with E-state index in [4.69, 9.17) is 20.8 Å². The normalized spacial score (nSPS) is 11.9. The van der Waals surface area contributed by atoms with Gasteiger partial charge in [-0.15, -0.1) is 10.2 Å². The van der Waals surface area contributed by atoms with E-state index in [2.05, 4.69) is 20.3 Å². The minimum atomic E-state index is -4.63. The predicted octanol–water partition coefficient (Wildman–Crippen LogP) is 4.36. The lowest BCUT2D eigenvalue weighted by Crippen LogP contribution is -2.13. The fourth-order valence-electron chi connectivity index (χ4n) is 2.79. The van der Waals surface area contributed by atoms with Crippen molar-refractivity contribution in [3.63, 3.8) is 0 Å². The zero-order valence-corrected chi connectivity index (χ0v) is 15.9. The van der Waals surface area contributed by atoms with Crippen LogP contribution in [0.15, 0.2) is 34.7 Å². The second-order valence-electron chi connectivity index (χ2n) is 6.20. The number of aromatic nitrogens is 5. The predicted molar refractivity (Wildman–Crippen MR) is 96.8 cm³/mol. The summed E-state index contributed by atoms with van der Waals surface area (Å²) in [5.41, 5.74) is -0.151. The van der Waals surface area contributed by atoms with E-state index in [-0.39, 0.29) is 33.8 Å². The molecule has 29 heavy (non-hydrogen) atoms. The number of methoxy groups -OCH3 is 1. The van der Waals surface area contributed by atoms with Gasteiger partial charge in [-0.2, -0.15) is 18.3 Å². The maximum absolute atomic E-state index is 13.3. The third-order valence-electron chi connectivity index (χ3n) is 4.14. The Morgan fingerprint density at radius 1 is 1.17 bits per heavy atom. The van der Waals surface area contributed by atoms with Crippen LogP contribution in [-0.2, 0) is 12.6 Å². The Hall–Kier alpha value is -3.14. The van der Waals surface area contributed by atoms with Gasteiger partial charge in [-0.05, 0) is 30.7 Å². The van der Waals surface area contributed by atoms with E-state index in [1.54, 1.807) is 19.2 Å². The Morgan fingerprint density at radius 2 is 1.90 bits per heavy atom. The third kappa shape index (κ3) is 3.63. The van der Waals surface area contributed by atoms with Gasteiger partial charge in [-0.1, -0.05) is 23.7 Å². The molecule has 0 N–H and O–H groups in total. The molecule has 3 heterocycles. The van der Waals surface area contributed by atoms with Crippen molar-refractivity contribution in [3.8, 4) is 17.3 Å².